The lowest BCUT2D eigenvalue weighted by Crippen LogP contribution is -1.94. The van der Waals surface area contributed by atoms with Crippen LogP contribution in [0.3, 0.4) is 0 Å². The molecule has 0 aliphatic rings. The maximum Gasteiger partial charge on any atom is 0.348 e. The minimum Gasteiger partial charge on any atom is -0.477 e. The van der Waals surface area contributed by atoms with E-state index < -0.39 is 5.97 Å². The van der Waals surface area contributed by atoms with Crippen molar-refractivity contribution in [3.05, 3.63) is 46.7 Å². The van der Waals surface area contributed by atoms with Crippen LogP contribution in [-0.4, -0.2) is 25.7 Å². The molecule has 3 heterocycles. The Bertz CT molecular complexity index is 861. The number of aromatic carboxylic acids is 1. The topological polar surface area (TPSA) is 67.5 Å². The second-order valence-electron chi connectivity index (χ2n) is 4.53. The van der Waals surface area contributed by atoms with Crippen molar-refractivity contribution in [2.45, 2.75) is 13.8 Å². The highest BCUT2D eigenvalue weighted by Crippen LogP contribution is 2.33. The van der Waals surface area contributed by atoms with Crippen LogP contribution in [0.2, 0.25) is 0 Å². The summed E-state index contributed by atoms with van der Waals surface area (Å²) < 4.78 is 1.78. The summed E-state index contributed by atoms with van der Waals surface area (Å²) >= 11 is 1.18. The van der Waals surface area contributed by atoms with E-state index in [0.29, 0.717) is 10.7 Å². The lowest BCUT2D eigenvalue weighted by atomic mass is 10.2. The third-order valence-corrected chi connectivity index (χ3v) is 4.18. The van der Waals surface area contributed by atoms with E-state index in [1.54, 1.807) is 16.7 Å². The molecule has 0 atom stereocenters. The molecule has 0 radical (unpaired) electrons. The fourth-order valence-corrected chi connectivity index (χ4v) is 3.24. The summed E-state index contributed by atoms with van der Waals surface area (Å²) in [7, 11) is 0. The molecule has 0 fully saturated rings. The fraction of sp³-hybridized carbons (Fsp3) is 0.133. The third-order valence-electron chi connectivity index (χ3n) is 3.10. The zero-order valence-electron chi connectivity index (χ0n) is 11.6. The molecule has 0 saturated carbocycles. The van der Waals surface area contributed by atoms with Gasteiger partial charge in [-0.25, -0.2) is 14.3 Å². The Morgan fingerprint density at radius 3 is 2.95 bits per heavy atom. The number of pyridine rings is 1. The number of thiazole rings is 1. The summed E-state index contributed by atoms with van der Waals surface area (Å²) in [5, 5.41) is 14.4. The minimum absolute atomic E-state index is 0.248. The Morgan fingerprint density at radius 1 is 1.43 bits per heavy atom. The molecule has 3 aromatic heterocycles. The Morgan fingerprint density at radius 2 is 2.24 bits per heavy atom. The molecule has 5 nitrogen and oxygen atoms in total. The molecule has 0 aliphatic carbocycles. The van der Waals surface area contributed by atoms with Crippen molar-refractivity contribution < 1.29 is 9.90 Å². The molecule has 3 aromatic rings. The second kappa shape index (κ2) is 5.14. The van der Waals surface area contributed by atoms with Gasteiger partial charge in [-0.05, 0) is 32.1 Å². The highest BCUT2D eigenvalue weighted by atomic mass is 32.1. The monoisotopic (exact) mass is 299 g/mol. The number of carboxylic acids is 1. The average Bonchev–Trinajstić information content (AvgIpc) is 2.99. The molecule has 0 amide bonds. The van der Waals surface area contributed by atoms with E-state index >= 15 is 0 Å². The van der Waals surface area contributed by atoms with Gasteiger partial charge in [0.2, 0.25) is 0 Å². The summed E-state index contributed by atoms with van der Waals surface area (Å²) in [5.41, 5.74) is 3.13. The first-order chi connectivity index (χ1) is 10.1. The lowest BCUT2D eigenvalue weighted by molar-refractivity contribution is 0.0701. The summed E-state index contributed by atoms with van der Waals surface area (Å²) in [5.74, 6) is -0.957. The van der Waals surface area contributed by atoms with Gasteiger partial charge in [-0.2, -0.15) is 5.10 Å². The van der Waals surface area contributed by atoms with Gasteiger partial charge in [0.25, 0.3) is 0 Å². The van der Waals surface area contributed by atoms with Crippen LogP contribution in [0, 0.1) is 6.92 Å². The van der Waals surface area contributed by atoms with Gasteiger partial charge >= 0.3 is 5.97 Å². The van der Waals surface area contributed by atoms with Crippen LogP contribution in [-0.2, 0) is 0 Å². The zero-order valence-corrected chi connectivity index (χ0v) is 12.4. The number of allylic oxidation sites excluding steroid dienone is 1. The van der Waals surface area contributed by atoms with Crippen LogP contribution in [0.25, 0.3) is 22.2 Å². The van der Waals surface area contributed by atoms with Gasteiger partial charge in [-0.1, -0.05) is 12.1 Å². The van der Waals surface area contributed by atoms with Gasteiger partial charge in [0, 0.05) is 6.20 Å². The summed E-state index contributed by atoms with van der Waals surface area (Å²) in [4.78, 5) is 16.1. The molecule has 1 N–H and O–H groups in total. The Labute approximate surface area is 125 Å². The summed E-state index contributed by atoms with van der Waals surface area (Å²) in [6.45, 7) is 3.74. The van der Waals surface area contributed by atoms with Crippen LogP contribution in [0.15, 0.2) is 30.5 Å². The van der Waals surface area contributed by atoms with Crippen LogP contribution < -0.4 is 0 Å². The predicted octanol–water partition coefficient (Wildman–Crippen LogP) is 3.50. The van der Waals surface area contributed by atoms with Gasteiger partial charge in [-0.3, -0.25) is 0 Å². The predicted molar refractivity (Wildman–Crippen MR) is 82.7 cm³/mol. The molecule has 0 bridgehead atoms. The van der Waals surface area contributed by atoms with Crippen molar-refractivity contribution in [3.8, 4) is 10.6 Å². The first kappa shape index (κ1) is 13.5. The number of aromatic nitrogens is 3. The van der Waals surface area contributed by atoms with Gasteiger partial charge in [-0.15, -0.1) is 11.3 Å². The minimum atomic E-state index is -0.957. The highest BCUT2D eigenvalue weighted by Gasteiger charge is 2.20. The molecule has 0 unspecified atom stereocenters. The van der Waals surface area contributed by atoms with Crippen LogP contribution in [0.1, 0.15) is 28.0 Å². The third kappa shape index (κ3) is 2.23. The lowest BCUT2D eigenvalue weighted by Gasteiger charge is -1.94. The molecule has 106 valence electrons. The largest absolute Gasteiger partial charge is 0.477 e. The number of rotatable bonds is 3. The average molecular weight is 299 g/mol. The van der Waals surface area contributed by atoms with Gasteiger partial charge in [0.1, 0.15) is 9.88 Å². The van der Waals surface area contributed by atoms with Crippen molar-refractivity contribution in [3.63, 3.8) is 0 Å². The maximum absolute atomic E-state index is 11.3. The maximum atomic E-state index is 11.3. The van der Waals surface area contributed by atoms with Crippen molar-refractivity contribution in [1.29, 1.82) is 0 Å². The SMILES string of the molecule is C/C=C/c1nc(-c2c(C)nn3ccccc23)sc1C(=O)O. The second-order valence-corrected chi connectivity index (χ2v) is 5.53. The Kier molecular flexibility index (Phi) is 3.31. The summed E-state index contributed by atoms with van der Waals surface area (Å²) in [6, 6.07) is 5.78. The molecule has 0 spiro atoms. The molecular weight excluding hydrogens is 286 g/mol. The first-order valence-electron chi connectivity index (χ1n) is 6.43. The number of hydrogen-bond donors (Lipinski definition) is 1. The van der Waals surface area contributed by atoms with Crippen molar-refractivity contribution >= 4 is 28.9 Å². The number of hydrogen-bond acceptors (Lipinski definition) is 4. The van der Waals surface area contributed by atoms with Crippen molar-refractivity contribution in [2.24, 2.45) is 0 Å². The van der Waals surface area contributed by atoms with Crippen molar-refractivity contribution in [2.75, 3.05) is 0 Å². The number of aryl methyl sites for hydroxylation is 1. The molecule has 0 aromatic carbocycles. The quantitative estimate of drug-likeness (QED) is 0.803. The van der Waals surface area contributed by atoms with Gasteiger partial charge < -0.3 is 5.11 Å². The number of carboxylic acid groups (broad SMARTS) is 1. The van der Waals surface area contributed by atoms with E-state index in [0.717, 1.165) is 16.8 Å². The van der Waals surface area contributed by atoms with E-state index in [1.807, 2.05) is 38.2 Å². The number of fused-ring (bicyclic) bond motifs is 1. The van der Waals surface area contributed by atoms with Crippen LogP contribution in [0.4, 0.5) is 0 Å². The van der Waals surface area contributed by atoms with E-state index in [2.05, 4.69) is 10.1 Å². The van der Waals surface area contributed by atoms with Crippen LogP contribution >= 0.6 is 11.3 Å². The smallest absolute Gasteiger partial charge is 0.348 e. The standard InChI is InChI=1S/C15H13N3O2S/c1-3-6-10-13(15(19)20)21-14(16-10)12-9(2)17-18-8-5-4-7-11(12)18/h3-8H,1-2H3,(H,19,20)/b6-3+. The van der Waals surface area contributed by atoms with Gasteiger partial charge in [0.15, 0.2) is 0 Å². The zero-order chi connectivity index (χ0) is 15.0. The summed E-state index contributed by atoms with van der Waals surface area (Å²) in [6.07, 6.45) is 5.36. The fourth-order valence-electron chi connectivity index (χ4n) is 2.24. The van der Waals surface area contributed by atoms with Crippen molar-refractivity contribution in [1.82, 2.24) is 14.6 Å². The van der Waals surface area contributed by atoms with Gasteiger partial charge in [0.05, 0.1) is 22.5 Å². The molecule has 21 heavy (non-hydrogen) atoms. The molecule has 0 saturated heterocycles. The first-order valence-corrected chi connectivity index (χ1v) is 7.24. The molecule has 6 heteroatoms. The Balaban J connectivity index is 2.26. The number of nitrogens with zero attached hydrogens (tertiary/aromatic N) is 3. The highest BCUT2D eigenvalue weighted by molar-refractivity contribution is 7.17. The van der Waals surface area contributed by atoms with E-state index in [4.69, 9.17) is 0 Å². The number of carbonyl (C=O) groups is 1. The van der Waals surface area contributed by atoms with Crippen LogP contribution in [0.5, 0.6) is 0 Å². The van der Waals surface area contributed by atoms with E-state index in [9.17, 15) is 9.90 Å². The molecule has 3 rings (SSSR count). The normalized spacial score (nSPS) is 11.5. The van der Waals surface area contributed by atoms with E-state index in [-0.39, 0.29) is 4.88 Å². The Hall–Kier alpha value is -2.47. The molecule has 0 aliphatic heterocycles. The van der Waals surface area contributed by atoms with E-state index in [1.165, 1.54) is 11.3 Å². The molecular formula is C15H13N3O2S.